The highest BCUT2D eigenvalue weighted by molar-refractivity contribution is 7.91. The third-order valence-electron chi connectivity index (χ3n) is 4.33. The van der Waals surface area contributed by atoms with Gasteiger partial charge in [0.25, 0.3) is 0 Å². The SMILES string of the molecule is COCCNC(=O)C(=O)NC[C@@H](c1cccnc1)S(=O)(=O)c1cc(C)ccc1C. The number of nitrogens with zero attached hydrogens (tertiary/aromatic N) is 1. The van der Waals surface area contributed by atoms with Crippen LogP contribution in [0.15, 0.2) is 47.6 Å². The van der Waals surface area contributed by atoms with E-state index in [0.29, 0.717) is 11.1 Å². The van der Waals surface area contributed by atoms with Crippen LogP contribution in [0.2, 0.25) is 0 Å². The number of ether oxygens (including phenoxy) is 1. The Balaban J connectivity index is 2.28. The first-order valence-corrected chi connectivity index (χ1v) is 10.6. The largest absolute Gasteiger partial charge is 0.383 e. The summed E-state index contributed by atoms with van der Waals surface area (Å²) < 4.78 is 31.6. The maximum Gasteiger partial charge on any atom is 0.309 e. The molecule has 29 heavy (non-hydrogen) atoms. The Morgan fingerprint density at radius 3 is 2.52 bits per heavy atom. The van der Waals surface area contributed by atoms with Gasteiger partial charge in [-0.05, 0) is 42.7 Å². The Morgan fingerprint density at radius 2 is 1.86 bits per heavy atom. The smallest absolute Gasteiger partial charge is 0.309 e. The second kappa shape index (κ2) is 10.1. The quantitative estimate of drug-likeness (QED) is 0.489. The van der Waals surface area contributed by atoms with Crippen LogP contribution in [0.3, 0.4) is 0 Å². The van der Waals surface area contributed by atoms with E-state index in [0.717, 1.165) is 5.56 Å². The van der Waals surface area contributed by atoms with Gasteiger partial charge in [-0.2, -0.15) is 0 Å². The number of methoxy groups -OCH3 is 1. The first-order chi connectivity index (χ1) is 13.8. The molecule has 9 heteroatoms. The molecule has 0 saturated heterocycles. The molecule has 0 aliphatic heterocycles. The number of aryl methyl sites for hydroxylation is 2. The number of sulfone groups is 1. The van der Waals surface area contributed by atoms with Gasteiger partial charge in [0.2, 0.25) is 0 Å². The zero-order valence-corrected chi connectivity index (χ0v) is 17.5. The first kappa shape index (κ1) is 22.5. The summed E-state index contributed by atoms with van der Waals surface area (Å²) >= 11 is 0. The Bertz CT molecular complexity index is 961. The summed E-state index contributed by atoms with van der Waals surface area (Å²) in [5.74, 6) is -1.76. The molecular formula is C20H25N3O5S. The number of carbonyl (C=O) groups is 2. The monoisotopic (exact) mass is 419 g/mol. The molecule has 1 heterocycles. The molecule has 0 bridgehead atoms. The molecule has 2 N–H and O–H groups in total. The lowest BCUT2D eigenvalue weighted by molar-refractivity contribution is -0.139. The molecule has 2 amide bonds. The van der Waals surface area contributed by atoms with Crippen molar-refractivity contribution in [3.63, 3.8) is 0 Å². The number of carbonyl (C=O) groups excluding carboxylic acids is 2. The molecule has 0 fully saturated rings. The summed E-state index contributed by atoms with van der Waals surface area (Å²) in [6, 6.07) is 8.43. The van der Waals surface area contributed by atoms with Gasteiger partial charge in [0.05, 0.1) is 11.5 Å². The van der Waals surface area contributed by atoms with E-state index in [4.69, 9.17) is 4.74 Å². The van der Waals surface area contributed by atoms with Crippen LogP contribution in [0.25, 0.3) is 0 Å². The fourth-order valence-corrected chi connectivity index (χ4v) is 4.73. The molecule has 2 aromatic rings. The molecule has 2 rings (SSSR count). The van der Waals surface area contributed by atoms with Gasteiger partial charge < -0.3 is 15.4 Å². The second-order valence-corrected chi connectivity index (χ2v) is 8.65. The summed E-state index contributed by atoms with van der Waals surface area (Å²) in [6.45, 7) is 3.70. The van der Waals surface area contributed by atoms with Crippen molar-refractivity contribution in [3.05, 3.63) is 59.4 Å². The van der Waals surface area contributed by atoms with Crippen LogP contribution in [-0.2, 0) is 24.2 Å². The van der Waals surface area contributed by atoms with Crippen molar-refractivity contribution >= 4 is 21.7 Å². The molecule has 0 radical (unpaired) electrons. The molecule has 0 aliphatic carbocycles. The lowest BCUT2D eigenvalue weighted by atomic mass is 10.2. The molecule has 0 aliphatic rings. The minimum absolute atomic E-state index is 0.176. The molecular weight excluding hydrogens is 394 g/mol. The lowest BCUT2D eigenvalue weighted by Crippen LogP contribution is -2.43. The predicted octanol–water partition coefficient (Wildman–Crippen LogP) is 1.09. The predicted molar refractivity (Wildman–Crippen MR) is 108 cm³/mol. The van der Waals surface area contributed by atoms with E-state index in [1.807, 2.05) is 13.0 Å². The fourth-order valence-electron chi connectivity index (χ4n) is 2.75. The van der Waals surface area contributed by atoms with Crippen LogP contribution in [-0.4, -0.2) is 52.0 Å². The van der Waals surface area contributed by atoms with Crippen LogP contribution < -0.4 is 10.6 Å². The number of benzene rings is 1. The van der Waals surface area contributed by atoms with E-state index in [-0.39, 0.29) is 24.6 Å². The number of hydrogen-bond acceptors (Lipinski definition) is 6. The number of amides is 2. The Morgan fingerprint density at radius 1 is 1.14 bits per heavy atom. The summed E-state index contributed by atoms with van der Waals surface area (Å²) in [5.41, 5.74) is 1.84. The van der Waals surface area contributed by atoms with Gasteiger partial charge in [-0.25, -0.2) is 8.42 Å². The van der Waals surface area contributed by atoms with Crippen molar-refractivity contribution in [3.8, 4) is 0 Å². The van der Waals surface area contributed by atoms with Gasteiger partial charge in [-0.3, -0.25) is 14.6 Å². The molecule has 0 saturated carbocycles. The average Bonchev–Trinajstić information content (AvgIpc) is 2.70. The van der Waals surface area contributed by atoms with Crippen LogP contribution in [0.5, 0.6) is 0 Å². The van der Waals surface area contributed by atoms with E-state index in [2.05, 4.69) is 15.6 Å². The number of pyridine rings is 1. The van der Waals surface area contributed by atoms with Crippen molar-refractivity contribution in [2.75, 3.05) is 26.8 Å². The normalized spacial score (nSPS) is 12.2. The van der Waals surface area contributed by atoms with Gasteiger partial charge in [0.1, 0.15) is 5.25 Å². The molecule has 1 aromatic carbocycles. The Hall–Kier alpha value is -2.78. The minimum Gasteiger partial charge on any atom is -0.383 e. The summed E-state index contributed by atoms with van der Waals surface area (Å²) in [6.07, 6.45) is 2.98. The summed E-state index contributed by atoms with van der Waals surface area (Å²) in [7, 11) is -2.38. The Labute approximate surface area is 170 Å². The van der Waals surface area contributed by atoms with Crippen LogP contribution in [0.1, 0.15) is 21.9 Å². The van der Waals surface area contributed by atoms with E-state index >= 15 is 0 Å². The van der Waals surface area contributed by atoms with Gasteiger partial charge in [-0.1, -0.05) is 18.2 Å². The van der Waals surface area contributed by atoms with E-state index in [1.165, 1.54) is 19.5 Å². The fraction of sp³-hybridized carbons (Fsp3) is 0.350. The van der Waals surface area contributed by atoms with E-state index < -0.39 is 26.9 Å². The maximum absolute atomic E-state index is 13.4. The highest BCUT2D eigenvalue weighted by atomic mass is 32.2. The van der Waals surface area contributed by atoms with Crippen molar-refractivity contribution in [1.82, 2.24) is 15.6 Å². The van der Waals surface area contributed by atoms with Crippen LogP contribution in [0, 0.1) is 13.8 Å². The van der Waals surface area contributed by atoms with Crippen LogP contribution in [0.4, 0.5) is 0 Å². The highest BCUT2D eigenvalue weighted by Crippen LogP contribution is 2.30. The minimum atomic E-state index is -3.86. The molecule has 1 aromatic heterocycles. The third-order valence-corrected chi connectivity index (χ3v) is 6.57. The number of aromatic nitrogens is 1. The summed E-state index contributed by atoms with van der Waals surface area (Å²) in [4.78, 5) is 28.1. The lowest BCUT2D eigenvalue weighted by Gasteiger charge is -2.20. The zero-order valence-electron chi connectivity index (χ0n) is 16.6. The number of rotatable bonds is 8. The van der Waals surface area contributed by atoms with Crippen molar-refractivity contribution in [2.24, 2.45) is 0 Å². The standard InChI is InChI=1S/C20H25N3O5S/c1-14-6-7-15(2)17(11-14)29(26,27)18(16-5-4-8-21-12-16)13-23-20(25)19(24)22-9-10-28-3/h4-8,11-12,18H,9-10,13H2,1-3H3,(H,22,24)(H,23,25)/t18-/m0/s1. The van der Waals surface area contributed by atoms with Gasteiger partial charge in [-0.15, -0.1) is 0 Å². The highest BCUT2D eigenvalue weighted by Gasteiger charge is 2.31. The second-order valence-electron chi connectivity index (χ2n) is 6.55. The molecule has 8 nitrogen and oxygen atoms in total. The first-order valence-electron chi connectivity index (χ1n) is 9.03. The van der Waals surface area contributed by atoms with Crippen molar-refractivity contribution in [1.29, 1.82) is 0 Å². The maximum atomic E-state index is 13.4. The van der Waals surface area contributed by atoms with Crippen LogP contribution >= 0.6 is 0 Å². The zero-order chi connectivity index (χ0) is 21.4. The summed E-state index contributed by atoms with van der Waals surface area (Å²) in [5, 5.41) is 3.72. The topological polar surface area (TPSA) is 114 Å². The van der Waals surface area contributed by atoms with E-state index in [1.54, 1.807) is 31.2 Å². The number of hydrogen-bond donors (Lipinski definition) is 2. The molecule has 0 spiro atoms. The molecule has 156 valence electrons. The van der Waals surface area contributed by atoms with Gasteiger partial charge >= 0.3 is 11.8 Å². The van der Waals surface area contributed by atoms with Gasteiger partial charge in [0, 0.05) is 32.6 Å². The van der Waals surface area contributed by atoms with Crippen molar-refractivity contribution in [2.45, 2.75) is 24.0 Å². The molecule has 0 unspecified atom stereocenters. The molecule has 1 atom stereocenters. The van der Waals surface area contributed by atoms with Gasteiger partial charge in [0.15, 0.2) is 9.84 Å². The average molecular weight is 420 g/mol. The third kappa shape index (κ3) is 5.85. The Kier molecular flexibility index (Phi) is 7.86. The number of nitrogens with one attached hydrogen (secondary N) is 2. The van der Waals surface area contributed by atoms with Crippen molar-refractivity contribution < 1.29 is 22.7 Å². The van der Waals surface area contributed by atoms with E-state index in [9.17, 15) is 18.0 Å².